The Hall–Kier alpha value is -2.25. The third kappa shape index (κ3) is 11.9. The highest BCUT2D eigenvalue weighted by molar-refractivity contribution is 5.99. The summed E-state index contributed by atoms with van der Waals surface area (Å²) in [5, 5.41) is 8.93. The molecule has 27 heavy (non-hydrogen) atoms. The molecule has 2 unspecified atom stereocenters. The smallest absolute Gasteiger partial charge is 0.323 e. The molecule has 0 saturated carbocycles. The lowest BCUT2D eigenvalue weighted by Gasteiger charge is -2.21. The third-order valence-electron chi connectivity index (χ3n) is 3.79. The first-order valence-electron chi connectivity index (χ1n) is 8.98. The molecule has 0 amide bonds. The van der Waals surface area contributed by atoms with E-state index in [2.05, 4.69) is 4.74 Å². The Bertz CT molecular complexity index is 526. The van der Waals surface area contributed by atoms with Crippen LogP contribution in [0.4, 0.5) is 0 Å². The topological polar surface area (TPSA) is 124 Å². The minimum absolute atomic E-state index is 0.0312. The van der Waals surface area contributed by atoms with Crippen LogP contribution < -0.4 is 0 Å². The maximum absolute atomic E-state index is 11.4. The summed E-state index contributed by atoms with van der Waals surface area (Å²) in [5.41, 5.74) is -1.62. The van der Waals surface area contributed by atoms with E-state index in [1.807, 2.05) is 0 Å². The van der Waals surface area contributed by atoms with E-state index in [9.17, 15) is 24.0 Å². The second kappa shape index (κ2) is 13.9. The maximum Gasteiger partial charge on any atom is 0.323 e. The van der Waals surface area contributed by atoms with Crippen molar-refractivity contribution in [2.24, 2.45) is 11.3 Å². The van der Waals surface area contributed by atoms with Crippen LogP contribution in [0.3, 0.4) is 0 Å². The van der Waals surface area contributed by atoms with Crippen LogP contribution in [0.1, 0.15) is 67.2 Å². The van der Waals surface area contributed by atoms with Gasteiger partial charge in [-0.1, -0.05) is 6.92 Å². The Labute approximate surface area is 160 Å². The van der Waals surface area contributed by atoms with Gasteiger partial charge in [-0.05, 0) is 47.5 Å². The monoisotopic (exact) mass is 388 g/mol. The molecule has 156 valence electrons. The molecule has 0 radical (unpaired) electrons. The van der Waals surface area contributed by atoms with Gasteiger partial charge in [0.15, 0.2) is 5.41 Å². The molecule has 0 aromatic heterocycles. The SMILES string of the molecule is CCOC(=O)C(C)(CCC(C)=O)C(=O)O.CCOC(=O)C(C)CCC(C)=O. The molecular formula is C19H32O8. The Balaban J connectivity index is 0. The molecule has 0 aliphatic heterocycles. The van der Waals surface area contributed by atoms with E-state index in [4.69, 9.17) is 9.84 Å². The Morgan fingerprint density at radius 2 is 1.41 bits per heavy atom. The van der Waals surface area contributed by atoms with Gasteiger partial charge in [0.1, 0.15) is 11.6 Å². The van der Waals surface area contributed by atoms with Gasteiger partial charge in [0.05, 0.1) is 19.1 Å². The molecule has 8 nitrogen and oxygen atoms in total. The molecule has 0 aromatic carbocycles. The number of carboxylic acids is 1. The van der Waals surface area contributed by atoms with Crippen LogP contribution in [0.5, 0.6) is 0 Å². The van der Waals surface area contributed by atoms with Crippen LogP contribution in [0.15, 0.2) is 0 Å². The Morgan fingerprint density at radius 3 is 1.78 bits per heavy atom. The number of carbonyl (C=O) groups excluding carboxylic acids is 4. The van der Waals surface area contributed by atoms with Crippen molar-refractivity contribution in [3.05, 3.63) is 0 Å². The molecule has 0 saturated heterocycles. The first-order chi connectivity index (χ1) is 12.4. The number of Topliss-reactive ketones (excluding diaryl/α,β-unsaturated/α-hetero) is 2. The predicted molar refractivity (Wildman–Crippen MR) is 98.0 cm³/mol. The number of aliphatic carboxylic acids is 1. The molecule has 2 atom stereocenters. The van der Waals surface area contributed by atoms with E-state index in [0.717, 1.165) is 0 Å². The Morgan fingerprint density at radius 1 is 0.926 bits per heavy atom. The van der Waals surface area contributed by atoms with Gasteiger partial charge in [-0.2, -0.15) is 0 Å². The zero-order valence-electron chi connectivity index (χ0n) is 17.1. The molecule has 0 heterocycles. The number of ether oxygens (including phenoxy) is 2. The van der Waals surface area contributed by atoms with E-state index in [1.54, 1.807) is 20.8 Å². The van der Waals surface area contributed by atoms with Gasteiger partial charge < -0.3 is 24.2 Å². The quantitative estimate of drug-likeness (QED) is 0.423. The molecule has 1 N–H and O–H groups in total. The van der Waals surface area contributed by atoms with Crippen LogP contribution in [-0.4, -0.2) is 47.8 Å². The fourth-order valence-corrected chi connectivity index (χ4v) is 1.83. The number of carboxylic acid groups (broad SMARTS) is 1. The van der Waals surface area contributed by atoms with Crippen LogP contribution in [-0.2, 0) is 33.4 Å². The third-order valence-corrected chi connectivity index (χ3v) is 3.79. The van der Waals surface area contributed by atoms with E-state index >= 15 is 0 Å². The van der Waals surface area contributed by atoms with Crippen molar-refractivity contribution < 1.29 is 38.6 Å². The van der Waals surface area contributed by atoms with Crippen molar-refractivity contribution in [2.45, 2.75) is 67.2 Å². The highest BCUT2D eigenvalue weighted by Gasteiger charge is 2.42. The first-order valence-corrected chi connectivity index (χ1v) is 8.98. The van der Waals surface area contributed by atoms with Gasteiger partial charge in [0.25, 0.3) is 0 Å². The van der Waals surface area contributed by atoms with Gasteiger partial charge in [-0.15, -0.1) is 0 Å². The average Bonchev–Trinajstić information content (AvgIpc) is 2.58. The summed E-state index contributed by atoms with van der Waals surface area (Å²) >= 11 is 0. The number of ketones is 2. The minimum atomic E-state index is -1.62. The van der Waals surface area contributed by atoms with Crippen molar-refractivity contribution in [1.82, 2.24) is 0 Å². The summed E-state index contributed by atoms with van der Waals surface area (Å²) < 4.78 is 9.46. The second-order valence-electron chi connectivity index (χ2n) is 6.45. The summed E-state index contributed by atoms with van der Waals surface area (Å²) in [6.07, 6.45) is 1.08. The van der Waals surface area contributed by atoms with Crippen LogP contribution in [0.2, 0.25) is 0 Å². The van der Waals surface area contributed by atoms with Crippen molar-refractivity contribution in [1.29, 1.82) is 0 Å². The van der Waals surface area contributed by atoms with Gasteiger partial charge in [-0.25, -0.2) is 0 Å². The highest BCUT2D eigenvalue weighted by atomic mass is 16.5. The number of hydrogen-bond donors (Lipinski definition) is 1. The molecule has 0 bridgehead atoms. The zero-order chi connectivity index (χ0) is 21.6. The number of carbonyl (C=O) groups is 5. The zero-order valence-corrected chi connectivity index (χ0v) is 17.1. The van der Waals surface area contributed by atoms with Crippen molar-refractivity contribution >= 4 is 29.5 Å². The molecular weight excluding hydrogens is 356 g/mol. The second-order valence-corrected chi connectivity index (χ2v) is 6.45. The van der Waals surface area contributed by atoms with E-state index < -0.39 is 17.4 Å². The molecule has 0 aromatic rings. The van der Waals surface area contributed by atoms with Crippen molar-refractivity contribution in [3.63, 3.8) is 0 Å². The van der Waals surface area contributed by atoms with E-state index in [-0.39, 0.29) is 42.9 Å². The van der Waals surface area contributed by atoms with Crippen LogP contribution in [0.25, 0.3) is 0 Å². The van der Waals surface area contributed by atoms with Gasteiger partial charge in [0, 0.05) is 12.8 Å². The summed E-state index contributed by atoms with van der Waals surface area (Å²) in [6.45, 7) is 9.84. The standard InChI is InChI=1S/C10H16O5.C9H16O3/c1-4-15-9(14)10(3,8(12)13)6-5-7(2)11;1-4-12-9(11)7(2)5-6-8(3)10/h4-6H2,1-3H3,(H,12,13);7H,4-6H2,1-3H3. The normalized spacial score (nSPS) is 13.3. The fourth-order valence-electron chi connectivity index (χ4n) is 1.83. The summed E-state index contributed by atoms with van der Waals surface area (Å²) in [5.74, 6) is -2.45. The number of rotatable bonds is 11. The summed E-state index contributed by atoms with van der Waals surface area (Å²) in [7, 11) is 0. The summed E-state index contributed by atoms with van der Waals surface area (Å²) in [6, 6.07) is 0. The molecule has 0 spiro atoms. The lowest BCUT2D eigenvalue weighted by atomic mass is 9.85. The lowest BCUT2D eigenvalue weighted by Crippen LogP contribution is -2.38. The first kappa shape index (κ1) is 27.0. The van der Waals surface area contributed by atoms with Crippen LogP contribution in [0, 0.1) is 11.3 Å². The summed E-state index contributed by atoms with van der Waals surface area (Å²) in [4.78, 5) is 54.7. The molecule has 0 fully saturated rings. The number of esters is 2. The fraction of sp³-hybridized carbons (Fsp3) is 0.737. The van der Waals surface area contributed by atoms with Gasteiger partial charge in [-0.3, -0.25) is 14.4 Å². The van der Waals surface area contributed by atoms with E-state index in [1.165, 1.54) is 20.8 Å². The van der Waals surface area contributed by atoms with Gasteiger partial charge >= 0.3 is 17.9 Å². The van der Waals surface area contributed by atoms with Crippen molar-refractivity contribution in [3.8, 4) is 0 Å². The molecule has 0 aliphatic carbocycles. The largest absolute Gasteiger partial charge is 0.480 e. The predicted octanol–water partition coefficient (Wildman–Crippen LogP) is 2.56. The molecule has 0 aliphatic rings. The lowest BCUT2D eigenvalue weighted by molar-refractivity contribution is -0.167. The molecule has 0 rings (SSSR count). The minimum Gasteiger partial charge on any atom is -0.480 e. The maximum atomic E-state index is 11.4. The number of hydrogen-bond acceptors (Lipinski definition) is 7. The van der Waals surface area contributed by atoms with E-state index in [0.29, 0.717) is 19.4 Å². The Kier molecular flexibility index (Phi) is 13.9. The average molecular weight is 388 g/mol. The van der Waals surface area contributed by atoms with Crippen LogP contribution >= 0.6 is 0 Å². The van der Waals surface area contributed by atoms with Crippen molar-refractivity contribution in [2.75, 3.05) is 13.2 Å². The molecule has 8 heteroatoms. The van der Waals surface area contributed by atoms with Gasteiger partial charge in [0.2, 0.25) is 0 Å². The highest BCUT2D eigenvalue weighted by Crippen LogP contribution is 2.25.